The average Bonchev–Trinajstić information content (AvgIpc) is 2.62. The first-order valence-corrected chi connectivity index (χ1v) is 9.53. The lowest BCUT2D eigenvalue weighted by molar-refractivity contribution is 0.401. The van der Waals surface area contributed by atoms with Gasteiger partial charge in [0.1, 0.15) is 5.82 Å². The highest BCUT2D eigenvalue weighted by Crippen LogP contribution is 2.46. The summed E-state index contributed by atoms with van der Waals surface area (Å²) in [5.41, 5.74) is 8.28. The Morgan fingerprint density at radius 3 is 2.15 bits per heavy atom. The second-order valence-electron chi connectivity index (χ2n) is 7.54. The minimum absolute atomic E-state index is 0.541. The molecule has 0 unspecified atom stereocenters. The van der Waals surface area contributed by atoms with E-state index in [-0.39, 0.29) is 0 Å². The van der Waals surface area contributed by atoms with Gasteiger partial charge in [-0.25, -0.2) is 9.97 Å². The number of anilines is 5. The molecule has 0 aliphatic carbocycles. The highest BCUT2D eigenvalue weighted by atomic mass is 15.3. The first kappa shape index (κ1) is 19.4. The molecule has 2 aromatic rings. The minimum Gasteiger partial charge on any atom is -0.384 e. The van der Waals surface area contributed by atoms with Gasteiger partial charge in [0.2, 0.25) is 0 Å². The van der Waals surface area contributed by atoms with Crippen LogP contribution in [0.5, 0.6) is 0 Å². The molecule has 0 saturated carbocycles. The van der Waals surface area contributed by atoms with Gasteiger partial charge in [-0.15, -0.1) is 0 Å². The second kappa shape index (κ2) is 8.54. The van der Waals surface area contributed by atoms with Crippen LogP contribution in [-0.4, -0.2) is 74.1 Å². The third kappa shape index (κ3) is 4.48. The van der Waals surface area contributed by atoms with E-state index < -0.39 is 0 Å². The summed E-state index contributed by atoms with van der Waals surface area (Å²) in [6.07, 6.45) is 3.94. The molecule has 0 aromatic carbocycles. The SMILES string of the molecule is CN(C)CCCN1c2cccnc2N(CCCN(C)C)c2nc(N)ccc21. The highest BCUT2D eigenvalue weighted by molar-refractivity contribution is 5.90. The van der Waals surface area contributed by atoms with Crippen molar-refractivity contribution in [3.8, 4) is 0 Å². The average molecular weight is 370 g/mol. The molecule has 0 spiro atoms. The van der Waals surface area contributed by atoms with Crippen LogP contribution in [0.1, 0.15) is 12.8 Å². The van der Waals surface area contributed by atoms with E-state index in [0.717, 1.165) is 62.0 Å². The van der Waals surface area contributed by atoms with Gasteiger partial charge in [-0.2, -0.15) is 0 Å². The third-order valence-electron chi connectivity index (χ3n) is 4.71. The van der Waals surface area contributed by atoms with Crippen LogP contribution >= 0.6 is 0 Å². The number of hydrogen-bond donors (Lipinski definition) is 1. The number of aromatic nitrogens is 2. The molecule has 0 saturated heterocycles. The number of nitrogens with zero attached hydrogens (tertiary/aromatic N) is 6. The standard InChI is InChI=1S/C20H31N7/c1-24(2)12-6-14-26-16-8-5-11-22-19(16)27(15-7-13-25(3)4)20-17(26)9-10-18(21)23-20/h5,8-11H,6-7,12-15H2,1-4H3,(H2,21,23). The van der Waals surface area contributed by atoms with Gasteiger partial charge in [-0.3, -0.25) is 0 Å². The zero-order valence-electron chi connectivity index (χ0n) is 16.9. The van der Waals surface area contributed by atoms with Crippen molar-refractivity contribution in [2.75, 3.05) is 69.9 Å². The predicted molar refractivity (Wildman–Crippen MR) is 113 cm³/mol. The van der Waals surface area contributed by atoms with Crippen LogP contribution in [0.15, 0.2) is 30.5 Å². The van der Waals surface area contributed by atoms with Crippen LogP contribution in [0.3, 0.4) is 0 Å². The summed E-state index contributed by atoms with van der Waals surface area (Å²) in [5.74, 6) is 2.41. The van der Waals surface area contributed by atoms with E-state index in [1.807, 2.05) is 18.3 Å². The Kier molecular flexibility index (Phi) is 6.13. The van der Waals surface area contributed by atoms with Crippen LogP contribution in [0.4, 0.5) is 28.8 Å². The van der Waals surface area contributed by atoms with Gasteiger partial charge in [0.15, 0.2) is 11.6 Å². The van der Waals surface area contributed by atoms with E-state index in [1.165, 1.54) is 0 Å². The van der Waals surface area contributed by atoms with E-state index in [1.54, 1.807) is 0 Å². The Hall–Kier alpha value is -2.38. The Morgan fingerprint density at radius 2 is 1.48 bits per heavy atom. The molecule has 1 aliphatic heterocycles. The van der Waals surface area contributed by atoms with E-state index in [2.05, 4.69) is 64.9 Å². The van der Waals surface area contributed by atoms with Crippen molar-refractivity contribution in [3.05, 3.63) is 30.5 Å². The van der Waals surface area contributed by atoms with Crippen LogP contribution in [-0.2, 0) is 0 Å². The normalized spacial score (nSPS) is 13.3. The van der Waals surface area contributed by atoms with Crippen molar-refractivity contribution in [3.63, 3.8) is 0 Å². The van der Waals surface area contributed by atoms with Crippen molar-refractivity contribution < 1.29 is 0 Å². The molecule has 3 rings (SSSR count). The summed E-state index contributed by atoms with van der Waals surface area (Å²) in [6.45, 7) is 3.83. The third-order valence-corrected chi connectivity index (χ3v) is 4.71. The van der Waals surface area contributed by atoms with Crippen molar-refractivity contribution >= 4 is 28.8 Å². The highest BCUT2D eigenvalue weighted by Gasteiger charge is 2.30. The lowest BCUT2D eigenvalue weighted by Gasteiger charge is -2.38. The molecule has 7 heteroatoms. The summed E-state index contributed by atoms with van der Waals surface area (Å²) in [5, 5.41) is 0. The van der Waals surface area contributed by atoms with Gasteiger partial charge in [0, 0.05) is 19.3 Å². The van der Waals surface area contributed by atoms with E-state index in [4.69, 9.17) is 10.7 Å². The molecule has 1 aliphatic rings. The maximum Gasteiger partial charge on any atom is 0.160 e. The summed E-state index contributed by atoms with van der Waals surface area (Å²) in [4.78, 5) is 18.3. The van der Waals surface area contributed by atoms with Gasteiger partial charge in [-0.1, -0.05) is 0 Å². The van der Waals surface area contributed by atoms with E-state index in [0.29, 0.717) is 5.82 Å². The molecular formula is C20H31N7. The van der Waals surface area contributed by atoms with Crippen molar-refractivity contribution in [1.82, 2.24) is 19.8 Å². The monoisotopic (exact) mass is 369 g/mol. The number of rotatable bonds is 8. The topological polar surface area (TPSA) is 64.8 Å². The van der Waals surface area contributed by atoms with Crippen molar-refractivity contribution in [2.45, 2.75) is 12.8 Å². The summed E-state index contributed by atoms with van der Waals surface area (Å²) in [7, 11) is 8.40. The van der Waals surface area contributed by atoms with E-state index in [9.17, 15) is 0 Å². The molecule has 0 atom stereocenters. The lowest BCUT2D eigenvalue weighted by atomic mass is 10.1. The van der Waals surface area contributed by atoms with E-state index >= 15 is 0 Å². The molecule has 0 bridgehead atoms. The first-order valence-electron chi connectivity index (χ1n) is 9.53. The fourth-order valence-corrected chi connectivity index (χ4v) is 3.45. The molecule has 3 heterocycles. The predicted octanol–water partition coefficient (Wildman–Crippen LogP) is 2.55. The number of nitrogen functional groups attached to an aromatic ring is 1. The molecule has 7 nitrogen and oxygen atoms in total. The summed E-state index contributed by atoms with van der Waals surface area (Å²) in [6, 6.07) is 8.13. The van der Waals surface area contributed by atoms with Gasteiger partial charge < -0.3 is 25.3 Å². The number of nitrogens with two attached hydrogens (primary N) is 1. The Morgan fingerprint density at radius 1 is 0.852 bits per heavy atom. The lowest BCUT2D eigenvalue weighted by Crippen LogP contribution is -2.34. The zero-order valence-corrected chi connectivity index (χ0v) is 16.9. The molecule has 0 fully saturated rings. The summed E-state index contributed by atoms with van der Waals surface area (Å²) < 4.78 is 0. The summed E-state index contributed by atoms with van der Waals surface area (Å²) >= 11 is 0. The Labute approximate surface area is 162 Å². The maximum atomic E-state index is 6.03. The minimum atomic E-state index is 0.541. The van der Waals surface area contributed by atoms with Gasteiger partial charge in [-0.05, 0) is 78.4 Å². The van der Waals surface area contributed by atoms with Gasteiger partial charge >= 0.3 is 0 Å². The van der Waals surface area contributed by atoms with Gasteiger partial charge in [0.05, 0.1) is 11.4 Å². The molecule has 2 aromatic heterocycles. The smallest absolute Gasteiger partial charge is 0.160 e. The molecule has 0 amide bonds. The molecule has 0 radical (unpaired) electrons. The quantitative estimate of drug-likeness (QED) is 0.767. The van der Waals surface area contributed by atoms with Crippen LogP contribution in [0.2, 0.25) is 0 Å². The largest absolute Gasteiger partial charge is 0.384 e. The number of hydrogen-bond acceptors (Lipinski definition) is 7. The first-order chi connectivity index (χ1) is 13.0. The molecule has 146 valence electrons. The molecular weight excluding hydrogens is 338 g/mol. The number of fused-ring (bicyclic) bond motifs is 2. The maximum absolute atomic E-state index is 6.03. The second-order valence-corrected chi connectivity index (χ2v) is 7.54. The fourth-order valence-electron chi connectivity index (χ4n) is 3.45. The van der Waals surface area contributed by atoms with Crippen LogP contribution in [0, 0.1) is 0 Å². The fraction of sp³-hybridized carbons (Fsp3) is 0.500. The Bertz CT molecular complexity index is 760. The van der Waals surface area contributed by atoms with Crippen LogP contribution in [0.25, 0.3) is 0 Å². The molecule has 2 N–H and O–H groups in total. The zero-order chi connectivity index (χ0) is 19.4. The Balaban J connectivity index is 1.95. The molecule has 27 heavy (non-hydrogen) atoms. The van der Waals surface area contributed by atoms with Crippen molar-refractivity contribution in [1.29, 1.82) is 0 Å². The van der Waals surface area contributed by atoms with Gasteiger partial charge in [0.25, 0.3) is 0 Å². The number of pyridine rings is 2. The van der Waals surface area contributed by atoms with Crippen molar-refractivity contribution in [2.24, 2.45) is 0 Å². The van der Waals surface area contributed by atoms with Crippen LogP contribution < -0.4 is 15.5 Å².